The van der Waals surface area contributed by atoms with Crippen LogP contribution in [-0.2, 0) is 0 Å². The van der Waals surface area contributed by atoms with Crippen molar-refractivity contribution in [2.24, 2.45) is 0 Å². The van der Waals surface area contributed by atoms with Crippen LogP contribution in [0.15, 0.2) is 53.5 Å². The Morgan fingerprint density at radius 1 is 1.03 bits per heavy atom. The maximum atomic E-state index is 12.4. The fraction of sp³-hybridized carbons (Fsp3) is 0.130. The molecule has 2 N–H and O–H groups in total. The largest absolute Gasteiger partial charge is 0.373 e. The molecule has 0 aliphatic carbocycles. The molecule has 29 heavy (non-hydrogen) atoms. The Labute approximate surface area is 167 Å². The van der Waals surface area contributed by atoms with E-state index in [2.05, 4.69) is 21.4 Å². The van der Waals surface area contributed by atoms with Crippen LogP contribution >= 0.6 is 0 Å². The molecule has 0 saturated carbocycles. The lowest BCUT2D eigenvalue weighted by Crippen LogP contribution is -2.04. The number of aromatic amines is 1. The van der Waals surface area contributed by atoms with Crippen LogP contribution in [-0.4, -0.2) is 22.0 Å². The van der Waals surface area contributed by atoms with Crippen molar-refractivity contribution in [3.05, 3.63) is 75.7 Å². The second kappa shape index (κ2) is 7.21. The highest BCUT2D eigenvalue weighted by Crippen LogP contribution is 2.34. The second-order valence-corrected chi connectivity index (χ2v) is 6.90. The standard InChI is InChI=1S/C23H19N5O/c1-13-4-5-15(9-17(13)12-24)22-18(16-8-14(2)27-21(10-16)25-3)11-19-20(29)6-7-26-23(19)28-22/h4-11H,1-3H3,(H,25,27)(H,26,28,29). The predicted octanol–water partition coefficient (Wildman–Crippen LogP) is 4.18. The number of fused-ring (bicyclic) bond motifs is 1. The lowest BCUT2D eigenvalue weighted by molar-refractivity contribution is 1.19. The van der Waals surface area contributed by atoms with E-state index < -0.39 is 0 Å². The predicted molar refractivity (Wildman–Crippen MR) is 115 cm³/mol. The first kappa shape index (κ1) is 18.4. The number of nitrogens with one attached hydrogen (secondary N) is 2. The van der Waals surface area contributed by atoms with Crippen molar-refractivity contribution < 1.29 is 0 Å². The third-order valence-electron chi connectivity index (χ3n) is 4.89. The molecule has 3 aromatic heterocycles. The quantitative estimate of drug-likeness (QED) is 0.555. The zero-order chi connectivity index (χ0) is 20.5. The van der Waals surface area contributed by atoms with E-state index >= 15 is 0 Å². The van der Waals surface area contributed by atoms with Crippen LogP contribution in [0.4, 0.5) is 5.82 Å². The van der Waals surface area contributed by atoms with Gasteiger partial charge in [0.15, 0.2) is 5.43 Å². The molecule has 0 fully saturated rings. The van der Waals surface area contributed by atoms with E-state index in [0.29, 0.717) is 22.3 Å². The third-order valence-corrected chi connectivity index (χ3v) is 4.89. The number of hydrogen-bond donors (Lipinski definition) is 2. The normalized spacial score (nSPS) is 10.7. The van der Waals surface area contributed by atoms with Crippen molar-refractivity contribution >= 4 is 16.9 Å². The van der Waals surface area contributed by atoms with E-state index in [1.807, 2.05) is 57.3 Å². The van der Waals surface area contributed by atoms with E-state index in [1.165, 1.54) is 6.07 Å². The molecule has 0 amide bonds. The summed E-state index contributed by atoms with van der Waals surface area (Å²) >= 11 is 0. The maximum Gasteiger partial charge on any atom is 0.191 e. The Morgan fingerprint density at radius 2 is 1.86 bits per heavy atom. The summed E-state index contributed by atoms with van der Waals surface area (Å²) < 4.78 is 0. The van der Waals surface area contributed by atoms with E-state index in [-0.39, 0.29) is 5.43 Å². The van der Waals surface area contributed by atoms with Gasteiger partial charge in [-0.05, 0) is 49.2 Å². The number of benzene rings is 1. The van der Waals surface area contributed by atoms with Gasteiger partial charge >= 0.3 is 0 Å². The molecule has 0 aliphatic rings. The molecular formula is C23H19N5O. The third kappa shape index (κ3) is 3.34. The van der Waals surface area contributed by atoms with Crippen molar-refractivity contribution in [3.63, 3.8) is 0 Å². The van der Waals surface area contributed by atoms with E-state index in [0.717, 1.165) is 33.8 Å². The van der Waals surface area contributed by atoms with Gasteiger partial charge in [0, 0.05) is 36.1 Å². The molecule has 0 aliphatic heterocycles. The summed E-state index contributed by atoms with van der Waals surface area (Å²) in [7, 11) is 1.81. The highest BCUT2D eigenvalue weighted by molar-refractivity contribution is 5.90. The van der Waals surface area contributed by atoms with Gasteiger partial charge in [0.05, 0.1) is 22.7 Å². The molecule has 4 rings (SSSR count). The number of hydrogen-bond acceptors (Lipinski definition) is 5. The molecule has 4 aromatic rings. The zero-order valence-electron chi connectivity index (χ0n) is 16.4. The molecule has 142 valence electrons. The minimum atomic E-state index is -0.0970. The van der Waals surface area contributed by atoms with Crippen LogP contribution in [0.3, 0.4) is 0 Å². The fourth-order valence-electron chi connectivity index (χ4n) is 3.38. The maximum absolute atomic E-state index is 12.4. The van der Waals surface area contributed by atoms with Crippen LogP contribution in [0.2, 0.25) is 0 Å². The first-order valence-electron chi connectivity index (χ1n) is 9.20. The number of rotatable bonds is 3. The number of H-pyrrole nitrogens is 1. The van der Waals surface area contributed by atoms with Crippen molar-refractivity contribution in [1.29, 1.82) is 5.26 Å². The second-order valence-electron chi connectivity index (χ2n) is 6.90. The summed E-state index contributed by atoms with van der Waals surface area (Å²) in [5.41, 5.74) is 5.98. The van der Waals surface area contributed by atoms with Gasteiger partial charge in [-0.25, -0.2) is 9.97 Å². The summed E-state index contributed by atoms with van der Waals surface area (Å²) in [6, 6.07) is 15.2. The Hall–Kier alpha value is -3.98. The molecule has 0 spiro atoms. The topological polar surface area (TPSA) is 94.5 Å². The lowest BCUT2D eigenvalue weighted by atomic mass is 9.96. The van der Waals surface area contributed by atoms with Crippen molar-refractivity contribution in [2.45, 2.75) is 13.8 Å². The number of nitrogens with zero attached hydrogens (tertiary/aromatic N) is 3. The molecule has 0 bridgehead atoms. The molecule has 3 heterocycles. The molecule has 6 nitrogen and oxygen atoms in total. The number of anilines is 1. The van der Waals surface area contributed by atoms with Gasteiger partial charge in [0.25, 0.3) is 0 Å². The molecular weight excluding hydrogens is 362 g/mol. The van der Waals surface area contributed by atoms with Crippen LogP contribution in [0, 0.1) is 25.2 Å². The van der Waals surface area contributed by atoms with E-state index in [9.17, 15) is 10.1 Å². The van der Waals surface area contributed by atoms with Gasteiger partial charge in [0.2, 0.25) is 0 Å². The summed E-state index contributed by atoms with van der Waals surface area (Å²) in [5.74, 6) is 0.731. The van der Waals surface area contributed by atoms with Gasteiger partial charge in [-0.1, -0.05) is 12.1 Å². The number of pyridine rings is 3. The summed E-state index contributed by atoms with van der Waals surface area (Å²) in [4.78, 5) is 24.7. The minimum Gasteiger partial charge on any atom is -0.373 e. The monoisotopic (exact) mass is 381 g/mol. The van der Waals surface area contributed by atoms with Crippen molar-refractivity contribution in [1.82, 2.24) is 15.0 Å². The summed E-state index contributed by atoms with van der Waals surface area (Å²) in [6.45, 7) is 3.82. The first-order chi connectivity index (χ1) is 14.0. The van der Waals surface area contributed by atoms with Crippen LogP contribution in [0.25, 0.3) is 33.4 Å². The SMILES string of the molecule is CNc1cc(-c2cc3c(=O)cc[nH]c3nc2-c2ccc(C)c(C#N)c2)cc(C)n1. The highest BCUT2D eigenvalue weighted by Gasteiger charge is 2.15. The van der Waals surface area contributed by atoms with Gasteiger partial charge in [-0.3, -0.25) is 4.79 Å². The van der Waals surface area contributed by atoms with Crippen LogP contribution < -0.4 is 10.7 Å². The van der Waals surface area contributed by atoms with Crippen LogP contribution in [0.5, 0.6) is 0 Å². The number of nitriles is 1. The Bertz CT molecular complexity index is 1350. The van der Waals surface area contributed by atoms with Gasteiger partial charge in [-0.2, -0.15) is 5.26 Å². The van der Waals surface area contributed by atoms with Gasteiger partial charge < -0.3 is 10.3 Å². The lowest BCUT2D eigenvalue weighted by Gasteiger charge is -2.13. The average molecular weight is 381 g/mol. The molecule has 1 aromatic carbocycles. The van der Waals surface area contributed by atoms with E-state index in [4.69, 9.17) is 4.98 Å². The summed E-state index contributed by atoms with van der Waals surface area (Å²) in [5, 5.41) is 13.0. The number of aryl methyl sites for hydroxylation is 2. The minimum absolute atomic E-state index is 0.0970. The van der Waals surface area contributed by atoms with Crippen molar-refractivity contribution in [2.75, 3.05) is 12.4 Å². The highest BCUT2D eigenvalue weighted by atomic mass is 16.1. The van der Waals surface area contributed by atoms with E-state index in [1.54, 1.807) is 6.20 Å². The molecule has 0 radical (unpaired) electrons. The molecule has 0 saturated heterocycles. The first-order valence-corrected chi connectivity index (χ1v) is 9.20. The van der Waals surface area contributed by atoms with Gasteiger partial charge in [-0.15, -0.1) is 0 Å². The fourth-order valence-corrected chi connectivity index (χ4v) is 3.38. The van der Waals surface area contributed by atoms with Crippen molar-refractivity contribution in [3.8, 4) is 28.5 Å². The summed E-state index contributed by atoms with van der Waals surface area (Å²) in [6.07, 6.45) is 1.59. The number of aromatic nitrogens is 3. The Morgan fingerprint density at radius 3 is 2.62 bits per heavy atom. The Balaban J connectivity index is 2.08. The molecule has 6 heteroatoms. The van der Waals surface area contributed by atoms with Crippen LogP contribution in [0.1, 0.15) is 16.8 Å². The smallest absolute Gasteiger partial charge is 0.191 e. The Kier molecular flexibility index (Phi) is 4.57. The zero-order valence-corrected chi connectivity index (χ0v) is 16.4. The molecule has 0 unspecified atom stereocenters. The molecule has 0 atom stereocenters. The average Bonchev–Trinajstić information content (AvgIpc) is 2.73. The van der Waals surface area contributed by atoms with Gasteiger partial charge in [0.1, 0.15) is 11.5 Å².